The van der Waals surface area contributed by atoms with E-state index >= 15 is 0 Å². The summed E-state index contributed by atoms with van der Waals surface area (Å²) in [5.74, 6) is 1.08. The quantitative estimate of drug-likeness (QED) is 0.656. The van der Waals surface area contributed by atoms with Gasteiger partial charge < -0.3 is 26.8 Å². The lowest BCUT2D eigenvalue weighted by Gasteiger charge is -2.26. The van der Waals surface area contributed by atoms with Gasteiger partial charge in [0.05, 0.1) is 37.8 Å². The van der Waals surface area contributed by atoms with Gasteiger partial charge in [0, 0.05) is 0 Å². The molecule has 2 aliphatic heterocycles. The van der Waals surface area contributed by atoms with Crippen molar-refractivity contribution in [3.05, 3.63) is 29.3 Å². The number of quaternary nitrogens is 1. The number of morpholine rings is 1. The van der Waals surface area contributed by atoms with E-state index in [1.165, 1.54) is 4.90 Å². The Hall–Kier alpha value is -1.10. The highest BCUT2D eigenvalue weighted by Gasteiger charge is 2.30. The first-order valence-corrected chi connectivity index (χ1v) is 7.43. The molecule has 4 nitrogen and oxygen atoms in total. The van der Waals surface area contributed by atoms with E-state index in [2.05, 4.69) is 0 Å². The Morgan fingerprint density at radius 3 is 2.76 bits per heavy atom. The van der Waals surface area contributed by atoms with Gasteiger partial charge in [0.2, 0.25) is 0 Å². The number of Topliss-reactive ketones (excluding diaryl/α,β-unsaturated/α-hetero) is 1. The second-order valence-electron chi connectivity index (χ2n) is 5.76. The molecule has 1 fully saturated rings. The highest BCUT2D eigenvalue weighted by atomic mass is 35.5. The smallest absolute Gasteiger partial charge is 0.175 e. The Balaban J connectivity index is 0.00000161. The zero-order valence-corrected chi connectivity index (χ0v) is 13.1. The van der Waals surface area contributed by atoms with Crippen molar-refractivity contribution in [2.45, 2.75) is 13.3 Å². The van der Waals surface area contributed by atoms with Crippen LogP contribution in [0.1, 0.15) is 22.3 Å². The molecule has 0 radical (unpaired) electrons. The normalized spacial score (nSPS) is 22.7. The van der Waals surface area contributed by atoms with Gasteiger partial charge in [-0.1, -0.05) is 11.6 Å². The van der Waals surface area contributed by atoms with Gasteiger partial charge in [0.15, 0.2) is 5.78 Å². The van der Waals surface area contributed by atoms with E-state index in [1.54, 1.807) is 0 Å². The molecule has 0 spiro atoms. The number of benzene rings is 1. The lowest BCUT2D eigenvalue weighted by Crippen LogP contribution is -3.14. The van der Waals surface area contributed by atoms with Gasteiger partial charge in [-0.3, -0.25) is 4.79 Å². The Morgan fingerprint density at radius 2 is 2.00 bits per heavy atom. The fourth-order valence-corrected chi connectivity index (χ4v) is 3.03. The Bertz CT molecular complexity index is 500. The Kier molecular flexibility index (Phi) is 5.62. The molecule has 1 aromatic rings. The molecule has 0 aliphatic carbocycles. The number of fused-ring (bicyclic) bond motifs is 1. The number of aryl methyl sites for hydroxylation is 1. The predicted molar refractivity (Wildman–Crippen MR) is 75.5 cm³/mol. The van der Waals surface area contributed by atoms with Crippen molar-refractivity contribution in [3.63, 3.8) is 0 Å². The van der Waals surface area contributed by atoms with Gasteiger partial charge in [-0.15, -0.1) is 0 Å². The lowest BCUT2D eigenvalue weighted by atomic mass is 9.93. The number of halogens is 1. The first-order chi connectivity index (χ1) is 9.74. The standard InChI is InChI=1S/C16H21NO3.ClH/c1-12-2-3-15-14(10-12)16(18)13(4-7-20-15)11-17-5-8-19-9-6-17;/h2-3,10,13H,4-9,11H2,1H3;1H. The molecule has 1 unspecified atom stereocenters. The summed E-state index contributed by atoms with van der Waals surface area (Å²) in [6, 6.07) is 5.89. The summed E-state index contributed by atoms with van der Waals surface area (Å²) in [5, 5.41) is 0. The minimum atomic E-state index is 0. The molecule has 116 valence electrons. The van der Waals surface area contributed by atoms with Gasteiger partial charge >= 0.3 is 0 Å². The first-order valence-electron chi connectivity index (χ1n) is 7.43. The molecule has 0 aromatic heterocycles. The fraction of sp³-hybridized carbons (Fsp3) is 0.562. The van der Waals surface area contributed by atoms with Crippen molar-refractivity contribution >= 4 is 5.78 Å². The molecule has 1 aromatic carbocycles. The largest absolute Gasteiger partial charge is 1.00 e. The minimum Gasteiger partial charge on any atom is -1.00 e. The number of hydrogen-bond donors (Lipinski definition) is 1. The SMILES string of the molecule is Cc1ccc2c(c1)C(=O)C(C[NH+]1CCOCC1)CCO2.[Cl-]. The molecule has 1 N–H and O–H groups in total. The van der Waals surface area contributed by atoms with E-state index in [4.69, 9.17) is 9.47 Å². The molecule has 0 amide bonds. The first kappa shape index (κ1) is 16.3. The third kappa shape index (κ3) is 3.76. The van der Waals surface area contributed by atoms with Crippen LogP contribution in [0.15, 0.2) is 18.2 Å². The van der Waals surface area contributed by atoms with Crippen molar-refractivity contribution in [1.29, 1.82) is 0 Å². The predicted octanol–water partition coefficient (Wildman–Crippen LogP) is -2.50. The monoisotopic (exact) mass is 311 g/mol. The van der Waals surface area contributed by atoms with Crippen LogP contribution in [-0.2, 0) is 4.74 Å². The third-order valence-electron chi connectivity index (χ3n) is 4.23. The molecule has 3 rings (SSSR count). The van der Waals surface area contributed by atoms with Crippen molar-refractivity contribution in [3.8, 4) is 5.75 Å². The maximum Gasteiger partial charge on any atom is 0.175 e. The molecule has 2 heterocycles. The summed E-state index contributed by atoms with van der Waals surface area (Å²) in [6.07, 6.45) is 0.816. The summed E-state index contributed by atoms with van der Waals surface area (Å²) < 4.78 is 11.1. The zero-order chi connectivity index (χ0) is 13.9. The topological polar surface area (TPSA) is 40.0 Å². The Labute approximate surface area is 131 Å². The van der Waals surface area contributed by atoms with Crippen LogP contribution in [0.5, 0.6) is 5.75 Å². The van der Waals surface area contributed by atoms with E-state index in [0.717, 1.165) is 56.1 Å². The van der Waals surface area contributed by atoms with Crippen molar-refractivity contribution < 1.29 is 31.6 Å². The van der Waals surface area contributed by atoms with Crippen molar-refractivity contribution in [2.75, 3.05) is 39.5 Å². The molecule has 1 saturated heterocycles. The average Bonchev–Trinajstić information content (AvgIpc) is 2.61. The van der Waals surface area contributed by atoms with Crippen LogP contribution < -0.4 is 22.0 Å². The molecule has 5 heteroatoms. The molecule has 21 heavy (non-hydrogen) atoms. The average molecular weight is 312 g/mol. The summed E-state index contributed by atoms with van der Waals surface area (Å²) in [7, 11) is 0. The number of carbonyl (C=O) groups is 1. The van der Waals surface area contributed by atoms with Crippen LogP contribution >= 0.6 is 0 Å². The van der Waals surface area contributed by atoms with Gasteiger partial charge in [0.25, 0.3) is 0 Å². The molecule has 0 bridgehead atoms. The fourth-order valence-electron chi connectivity index (χ4n) is 3.03. The Morgan fingerprint density at radius 1 is 1.24 bits per heavy atom. The summed E-state index contributed by atoms with van der Waals surface area (Å²) in [4.78, 5) is 14.2. The van der Waals surface area contributed by atoms with Crippen molar-refractivity contribution in [2.24, 2.45) is 5.92 Å². The number of ether oxygens (including phenoxy) is 2. The van der Waals surface area contributed by atoms with Crippen molar-refractivity contribution in [1.82, 2.24) is 0 Å². The summed E-state index contributed by atoms with van der Waals surface area (Å²) >= 11 is 0. The van der Waals surface area contributed by atoms with Gasteiger partial charge in [-0.05, 0) is 25.5 Å². The number of nitrogens with one attached hydrogen (secondary N) is 1. The molecule has 1 atom stereocenters. The van der Waals surface area contributed by atoms with Gasteiger partial charge in [-0.2, -0.15) is 0 Å². The van der Waals surface area contributed by atoms with Crippen LogP contribution in [0.3, 0.4) is 0 Å². The van der Waals surface area contributed by atoms with E-state index in [1.807, 2.05) is 25.1 Å². The van der Waals surface area contributed by atoms with Gasteiger partial charge in [-0.25, -0.2) is 0 Å². The van der Waals surface area contributed by atoms with E-state index in [9.17, 15) is 4.79 Å². The highest BCUT2D eigenvalue weighted by molar-refractivity contribution is 6.00. The maximum atomic E-state index is 12.7. The summed E-state index contributed by atoms with van der Waals surface area (Å²) in [6.45, 7) is 7.18. The number of carbonyl (C=O) groups excluding carboxylic acids is 1. The van der Waals surface area contributed by atoms with Crippen LogP contribution in [-0.4, -0.2) is 45.2 Å². The number of hydrogen-bond acceptors (Lipinski definition) is 3. The number of ketones is 1. The van der Waals surface area contributed by atoms with Crippen LogP contribution in [0.4, 0.5) is 0 Å². The lowest BCUT2D eigenvalue weighted by molar-refractivity contribution is -0.910. The molecular weight excluding hydrogens is 290 g/mol. The van der Waals surface area contributed by atoms with Crippen LogP contribution in [0, 0.1) is 12.8 Å². The van der Waals surface area contributed by atoms with Crippen LogP contribution in [0.2, 0.25) is 0 Å². The number of rotatable bonds is 2. The van der Waals surface area contributed by atoms with E-state index in [-0.39, 0.29) is 24.1 Å². The second kappa shape index (κ2) is 7.25. The molecular formula is C16H22ClNO3. The highest BCUT2D eigenvalue weighted by Crippen LogP contribution is 2.27. The third-order valence-corrected chi connectivity index (χ3v) is 4.23. The summed E-state index contributed by atoms with van der Waals surface area (Å²) in [5.41, 5.74) is 1.88. The van der Waals surface area contributed by atoms with Crippen LogP contribution in [0.25, 0.3) is 0 Å². The van der Waals surface area contributed by atoms with E-state index < -0.39 is 0 Å². The minimum absolute atomic E-state index is 0. The maximum absolute atomic E-state index is 12.7. The van der Waals surface area contributed by atoms with E-state index in [0.29, 0.717) is 6.61 Å². The molecule has 0 saturated carbocycles. The zero-order valence-electron chi connectivity index (χ0n) is 12.4. The second-order valence-corrected chi connectivity index (χ2v) is 5.76. The molecule has 2 aliphatic rings. The van der Waals surface area contributed by atoms with Gasteiger partial charge in [0.1, 0.15) is 18.8 Å².